The highest BCUT2D eigenvalue weighted by Gasteiger charge is 2.70. The van der Waals surface area contributed by atoms with Crippen LogP contribution in [0.25, 0.3) is 0 Å². The van der Waals surface area contributed by atoms with E-state index >= 15 is 0 Å². The van der Waals surface area contributed by atoms with Crippen molar-refractivity contribution >= 4 is 5.78 Å². The van der Waals surface area contributed by atoms with Crippen molar-refractivity contribution < 1.29 is 20.1 Å². The van der Waals surface area contributed by atoms with Crippen molar-refractivity contribution in [3.05, 3.63) is 0 Å². The average Bonchev–Trinajstić information content (AvgIpc) is 2.76. The molecule has 0 amide bonds. The van der Waals surface area contributed by atoms with Gasteiger partial charge in [0.1, 0.15) is 5.60 Å². The Labute approximate surface area is 157 Å². The number of rotatable bonds is 1. The molecular weight excluding hydrogens is 328 g/mol. The average molecular weight is 365 g/mol. The summed E-state index contributed by atoms with van der Waals surface area (Å²) in [6.07, 6.45) is 5.56. The number of ketones is 1. The van der Waals surface area contributed by atoms with Gasteiger partial charge in [0.25, 0.3) is 0 Å². The molecule has 0 bridgehead atoms. The van der Waals surface area contributed by atoms with E-state index in [4.69, 9.17) is 0 Å². The van der Waals surface area contributed by atoms with Gasteiger partial charge >= 0.3 is 0 Å². The SMILES string of the molecule is CC(=O)[C@@]1(O)[C@H](C)C[C@@H]2[C@@H]3CC[C@H]4C[C@H](O)CC[C@]4(C)[C@H]3[C@H](O)C[C@@]21C. The maximum Gasteiger partial charge on any atom is 0.162 e. The first-order valence-corrected chi connectivity index (χ1v) is 10.6. The molecule has 4 heteroatoms. The lowest BCUT2D eigenvalue weighted by atomic mass is 9.43. The summed E-state index contributed by atoms with van der Waals surface area (Å²) in [5.74, 6) is 1.19. The largest absolute Gasteiger partial charge is 0.393 e. The molecule has 10 atom stereocenters. The zero-order chi connectivity index (χ0) is 19.1. The van der Waals surface area contributed by atoms with E-state index in [1.807, 2.05) is 6.92 Å². The van der Waals surface area contributed by atoms with Crippen molar-refractivity contribution in [1.29, 1.82) is 0 Å². The fourth-order valence-corrected chi connectivity index (χ4v) is 8.44. The molecule has 0 aromatic rings. The van der Waals surface area contributed by atoms with Crippen LogP contribution in [0.1, 0.15) is 72.6 Å². The van der Waals surface area contributed by atoms with Gasteiger partial charge in [-0.15, -0.1) is 0 Å². The van der Waals surface area contributed by atoms with E-state index in [2.05, 4.69) is 13.8 Å². The number of hydrogen-bond acceptors (Lipinski definition) is 4. The van der Waals surface area contributed by atoms with Gasteiger partial charge in [0.15, 0.2) is 5.78 Å². The monoisotopic (exact) mass is 364 g/mol. The van der Waals surface area contributed by atoms with E-state index in [0.717, 1.165) is 38.5 Å². The Morgan fingerprint density at radius 2 is 1.77 bits per heavy atom. The molecule has 4 saturated carbocycles. The Hall–Kier alpha value is -0.450. The highest BCUT2D eigenvalue weighted by molar-refractivity contribution is 5.86. The maximum absolute atomic E-state index is 12.5. The normalized spacial score (nSPS) is 59.3. The van der Waals surface area contributed by atoms with E-state index in [1.165, 1.54) is 6.92 Å². The van der Waals surface area contributed by atoms with Gasteiger partial charge in [-0.25, -0.2) is 0 Å². The minimum Gasteiger partial charge on any atom is -0.393 e. The number of aliphatic hydroxyl groups is 3. The fourth-order valence-electron chi connectivity index (χ4n) is 8.44. The number of fused-ring (bicyclic) bond motifs is 5. The van der Waals surface area contributed by atoms with E-state index in [0.29, 0.717) is 24.2 Å². The van der Waals surface area contributed by atoms with E-state index in [1.54, 1.807) is 0 Å². The van der Waals surface area contributed by atoms with Gasteiger partial charge < -0.3 is 15.3 Å². The second-order valence-corrected chi connectivity index (χ2v) is 10.7. The summed E-state index contributed by atoms with van der Waals surface area (Å²) < 4.78 is 0. The predicted octanol–water partition coefficient (Wildman–Crippen LogP) is 2.93. The predicted molar refractivity (Wildman–Crippen MR) is 99.3 cm³/mol. The van der Waals surface area contributed by atoms with Crippen molar-refractivity contribution in [1.82, 2.24) is 0 Å². The first-order chi connectivity index (χ1) is 12.1. The van der Waals surface area contributed by atoms with E-state index in [-0.39, 0.29) is 29.1 Å². The quantitative estimate of drug-likeness (QED) is 0.668. The van der Waals surface area contributed by atoms with Crippen LogP contribution >= 0.6 is 0 Å². The molecule has 0 aromatic carbocycles. The Morgan fingerprint density at radius 1 is 1.08 bits per heavy atom. The lowest BCUT2D eigenvalue weighted by Gasteiger charge is -2.62. The molecule has 0 aliphatic heterocycles. The third-order valence-corrected chi connectivity index (χ3v) is 9.69. The smallest absolute Gasteiger partial charge is 0.162 e. The molecule has 148 valence electrons. The van der Waals surface area contributed by atoms with Crippen LogP contribution in [0.5, 0.6) is 0 Å². The Balaban J connectivity index is 1.73. The Bertz CT molecular complexity index is 605. The van der Waals surface area contributed by atoms with Gasteiger partial charge in [-0.1, -0.05) is 20.8 Å². The molecule has 0 saturated heterocycles. The molecule has 4 nitrogen and oxygen atoms in total. The number of carbonyl (C=O) groups excluding carboxylic acids is 1. The topological polar surface area (TPSA) is 77.8 Å². The molecule has 4 aliphatic rings. The zero-order valence-electron chi connectivity index (χ0n) is 16.7. The van der Waals surface area contributed by atoms with Crippen molar-refractivity contribution in [3.8, 4) is 0 Å². The molecule has 4 rings (SSSR count). The first-order valence-electron chi connectivity index (χ1n) is 10.6. The first kappa shape index (κ1) is 18.9. The maximum atomic E-state index is 12.5. The van der Waals surface area contributed by atoms with Crippen molar-refractivity contribution in [2.75, 3.05) is 0 Å². The van der Waals surface area contributed by atoms with E-state index < -0.39 is 17.1 Å². The minimum absolute atomic E-state index is 0.0559. The fraction of sp³-hybridized carbons (Fsp3) is 0.955. The number of carbonyl (C=O) groups is 1. The lowest BCUT2D eigenvalue weighted by molar-refractivity contribution is -0.203. The van der Waals surface area contributed by atoms with Gasteiger partial charge in [-0.3, -0.25) is 4.79 Å². The summed E-state index contributed by atoms with van der Waals surface area (Å²) in [6.45, 7) is 7.92. The number of Topliss-reactive ketones (excluding diaryl/α,β-unsaturated/α-hetero) is 1. The van der Waals surface area contributed by atoms with Gasteiger partial charge in [0.05, 0.1) is 12.2 Å². The summed E-state index contributed by atoms with van der Waals surface area (Å²) in [6, 6.07) is 0. The lowest BCUT2D eigenvalue weighted by Crippen LogP contribution is -2.63. The Morgan fingerprint density at radius 3 is 2.42 bits per heavy atom. The molecular formula is C22H36O4. The van der Waals surface area contributed by atoms with E-state index in [9.17, 15) is 20.1 Å². The Kier molecular flexibility index (Phi) is 4.20. The van der Waals surface area contributed by atoms with Crippen LogP contribution in [-0.4, -0.2) is 38.9 Å². The van der Waals surface area contributed by atoms with Crippen LogP contribution in [0.3, 0.4) is 0 Å². The van der Waals surface area contributed by atoms with Crippen molar-refractivity contribution in [2.24, 2.45) is 40.4 Å². The van der Waals surface area contributed by atoms with Crippen molar-refractivity contribution in [2.45, 2.75) is 90.4 Å². The van der Waals surface area contributed by atoms with Crippen LogP contribution in [0.15, 0.2) is 0 Å². The number of aliphatic hydroxyl groups excluding tert-OH is 2. The summed E-state index contributed by atoms with van der Waals surface area (Å²) in [5.41, 5.74) is -1.77. The molecule has 26 heavy (non-hydrogen) atoms. The van der Waals surface area contributed by atoms with Crippen LogP contribution < -0.4 is 0 Å². The molecule has 0 heterocycles. The summed E-state index contributed by atoms with van der Waals surface area (Å²) >= 11 is 0. The third-order valence-electron chi connectivity index (χ3n) is 9.69. The highest BCUT2D eigenvalue weighted by Crippen LogP contribution is 2.69. The van der Waals surface area contributed by atoms with Crippen molar-refractivity contribution in [3.63, 3.8) is 0 Å². The molecule has 4 fully saturated rings. The highest BCUT2D eigenvalue weighted by atomic mass is 16.3. The molecule has 3 N–H and O–H groups in total. The summed E-state index contributed by atoms with van der Waals surface area (Å²) in [5, 5.41) is 32.9. The molecule has 0 spiro atoms. The van der Waals surface area contributed by atoms with Gasteiger partial charge in [-0.2, -0.15) is 0 Å². The van der Waals surface area contributed by atoms with Gasteiger partial charge in [-0.05, 0) is 86.9 Å². The van der Waals surface area contributed by atoms with Crippen LogP contribution in [0.2, 0.25) is 0 Å². The van der Waals surface area contributed by atoms with Gasteiger partial charge in [0.2, 0.25) is 0 Å². The summed E-state index contributed by atoms with van der Waals surface area (Å²) in [4.78, 5) is 12.5. The zero-order valence-corrected chi connectivity index (χ0v) is 16.7. The molecule has 4 aliphatic carbocycles. The van der Waals surface area contributed by atoms with Crippen LogP contribution in [0, 0.1) is 40.4 Å². The second kappa shape index (κ2) is 5.78. The minimum atomic E-state index is -1.32. The van der Waals surface area contributed by atoms with Gasteiger partial charge in [0, 0.05) is 5.41 Å². The molecule has 0 radical (unpaired) electrons. The standard InChI is InChI=1S/C22H36O4/c1-12-9-17-16-6-5-14-10-15(24)7-8-20(14,3)19(16)18(25)11-21(17,4)22(12,26)13(2)23/h12,14-19,24-26H,5-11H2,1-4H3/t12-,14+,15-,16+,17-,18-,19-,20+,21+,22+/m1/s1. The molecule has 0 unspecified atom stereocenters. The van der Waals surface area contributed by atoms with Crippen LogP contribution in [-0.2, 0) is 4.79 Å². The number of hydrogen-bond donors (Lipinski definition) is 3. The second-order valence-electron chi connectivity index (χ2n) is 10.7. The molecule has 0 aromatic heterocycles. The summed E-state index contributed by atoms with van der Waals surface area (Å²) in [7, 11) is 0. The third kappa shape index (κ3) is 2.15. The van der Waals surface area contributed by atoms with Crippen LogP contribution in [0.4, 0.5) is 0 Å².